The summed E-state index contributed by atoms with van der Waals surface area (Å²) in [5, 5.41) is 9.89. The van der Waals surface area contributed by atoms with Crippen LogP contribution in [0.4, 0.5) is 0 Å². The van der Waals surface area contributed by atoms with Crippen LogP contribution >= 0.6 is 0 Å². The van der Waals surface area contributed by atoms with E-state index >= 15 is 0 Å². The number of hydrogen-bond donors (Lipinski definition) is 1. The van der Waals surface area contributed by atoms with Crippen LogP contribution in [-0.2, 0) is 15.1 Å². The second-order valence-corrected chi connectivity index (χ2v) is 5.24. The molecule has 0 spiro atoms. The first-order chi connectivity index (χ1) is 9.95. The number of aryl methyl sites for hydroxylation is 1. The largest absolute Gasteiger partial charge is 0.479 e. The fourth-order valence-corrected chi connectivity index (χ4v) is 2.72. The van der Waals surface area contributed by atoms with Crippen molar-refractivity contribution in [1.29, 1.82) is 0 Å². The summed E-state index contributed by atoms with van der Waals surface area (Å²) < 4.78 is 5.55. The number of carboxylic acids is 1. The van der Waals surface area contributed by atoms with Gasteiger partial charge in [-0.1, -0.05) is 42.5 Å². The second kappa shape index (κ2) is 5.70. The van der Waals surface area contributed by atoms with Crippen molar-refractivity contribution in [2.75, 3.05) is 7.11 Å². The first-order valence-corrected chi connectivity index (χ1v) is 6.86. The van der Waals surface area contributed by atoms with Crippen LogP contribution in [0, 0.1) is 20.8 Å². The van der Waals surface area contributed by atoms with Crippen molar-refractivity contribution in [2.45, 2.75) is 26.4 Å². The molecule has 1 atom stereocenters. The van der Waals surface area contributed by atoms with Crippen LogP contribution in [0.15, 0.2) is 42.5 Å². The minimum atomic E-state index is -1.48. The third-order valence-electron chi connectivity index (χ3n) is 4.22. The molecule has 3 nitrogen and oxygen atoms in total. The van der Waals surface area contributed by atoms with Gasteiger partial charge in [-0.15, -0.1) is 0 Å². The quantitative estimate of drug-likeness (QED) is 0.933. The molecule has 0 bridgehead atoms. The molecule has 2 rings (SSSR count). The number of methoxy groups -OCH3 is 1. The fourth-order valence-electron chi connectivity index (χ4n) is 2.72. The number of ether oxygens (including phenoxy) is 1. The zero-order chi connectivity index (χ0) is 15.6. The van der Waals surface area contributed by atoms with E-state index in [1.807, 2.05) is 51.1 Å². The van der Waals surface area contributed by atoms with Crippen LogP contribution in [0.3, 0.4) is 0 Å². The summed E-state index contributed by atoms with van der Waals surface area (Å²) in [6.07, 6.45) is 0. The van der Waals surface area contributed by atoms with Crippen LogP contribution in [0.2, 0.25) is 0 Å². The van der Waals surface area contributed by atoms with E-state index in [2.05, 4.69) is 0 Å². The third-order valence-corrected chi connectivity index (χ3v) is 4.22. The molecule has 0 heterocycles. The van der Waals surface area contributed by atoms with Gasteiger partial charge in [0.25, 0.3) is 0 Å². The Morgan fingerprint density at radius 1 is 1.00 bits per heavy atom. The number of carbonyl (C=O) groups is 1. The van der Waals surface area contributed by atoms with Gasteiger partial charge in [0.15, 0.2) is 0 Å². The van der Waals surface area contributed by atoms with Crippen LogP contribution in [-0.4, -0.2) is 18.2 Å². The van der Waals surface area contributed by atoms with Crippen molar-refractivity contribution in [3.05, 3.63) is 70.3 Å². The molecule has 0 saturated carbocycles. The van der Waals surface area contributed by atoms with Crippen LogP contribution in [0.5, 0.6) is 0 Å². The summed E-state index contributed by atoms with van der Waals surface area (Å²) in [5.74, 6) is -1.01. The van der Waals surface area contributed by atoms with Gasteiger partial charge in [0.05, 0.1) is 0 Å². The standard InChI is InChI=1S/C18H20O3/c1-12-10-11-16(14(3)13(12)2)18(21-4,17(19)20)15-8-6-5-7-9-15/h5-11H,1-4H3,(H,19,20). The fraction of sp³-hybridized carbons (Fsp3) is 0.278. The lowest BCUT2D eigenvalue weighted by molar-refractivity contribution is -0.158. The summed E-state index contributed by atoms with van der Waals surface area (Å²) >= 11 is 0. The zero-order valence-electron chi connectivity index (χ0n) is 12.8. The molecule has 3 heteroatoms. The Kier molecular flexibility index (Phi) is 4.14. The molecule has 2 aromatic rings. The predicted molar refractivity (Wildman–Crippen MR) is 82.5 cm³/mol. The molecular formula is C18H20O3. The Hall–Kier alpha value is -2.13. The lowest BCUT2D eigenvalue weighted by Crippen LogP contribution is -2.39. The molecule has 0 saturated heterocycles. The summed E-state index contributed by atoms with van der Waals surface area (Å²) in [6.45, 7) is 5.96. The van der Waals surface area contributed by atoms with Crippen LogP contribution < -0.4 is 0 Å². The summed E-state index contributed by atoms with van der Waals surface area (Å²) in [5.41, 5.74) is 2.98. The molecule has 0 aliphatic carbocycles. The Morgan fingerprint density at radius 3 is 2.14 bits per heavy atom. The zero-order valence-corrected chi connectivity index (χ0v) is 12.8. The predicted octanol–water partition coefficient (Wildman–Crippen LogP) is 3.59. The topological polar surface area (TPSA) is 46.5 Å². The summed E-state index contributed by atoms with van der Waals surface area (Å²) in [4.78, 5) is 12.1. The highest BCUT2D eigenvalue weighted by Crippen LogP contribution is 2.37. The Morgan fingerprint density at radius 2 is 1.62 bits per heavy atom. The van der Waals surface area contributed by atoms with Gasteiger partial charge < -0.3 is 9.84 Å². The third kappa shape index (κ3) is 2.34. The molecule has 0 aromatic heterocycles. The van der Waals surface area contributed by atoms with Crippen molar-refractivity contribution in [2.24, 2.45) is 0 Å². The van der Waals surface area contributed by atoms with E-state index in [0.29, 0.717) is 11.1 Å². The molecule has 0 fully saturated rings. The average Bonchev–Trinajstić information content (AvgIpc) is 2.49. The molecule has 1 N–H and O–H groups in total. The maximum absolute atomic E-state index is 12.1. The van der Waals surface area contributed by atoms with E-state index in [-0.39, 0.29) is 0 Å². The summed E-state index contributed by atoms with van der Waals surface area (Å²) in [6, 6.07) is 12.9. The molecule has 0 aliphatic heterocycles. The average molecular weight is 284 g/mol. The maximum Gasteiger partial charge on any atom is 0.345 e. The Bertz CT molecular complexity index is 662. The van der Waals surface area contributed by atoms with Crippen molar-refractivity contribution in [3.8, 4) is 0 Å². The summed E-state index contributed by atoms with van der Waals surface area (Å²) in [7, 11) is 1.44. The smallest absolute Gasteiger partial charge is 0.345 e. The number of benzene rings is 2. The maximum atomic E-state index is 12.1. The Balaban J connectivity index is 2.79. The van der Waals surface area contributed by atoms with Crippen LogP contribution in [0.25, 0.3) is 0 Å². The van der Waals surface area contributed by atoms with Gasteiger partial charge in [0.2, 0.25) is 5.60 Å². The minimum absolute atomic E-state index is 0.617. The van der Waals surface area contributed by atoms with Gasteiger partial charge >= 0.3 is 5.97 Å². The van der Waals surface area contributed by atoms with Crippen molar-refractivity contribution >= 4 is 5.97 Å². The molecule has 0 amide bonds. The molecule has 1 unspecified atom stereocenters. The molecular weight excluding hydrogens is 264 g/mol. The van der Waals surface area contributed by atoms with E-state index in [0.717, 1.165) is 16.7 Å². The van der Waals surface area contributed by atoms with Crippen molar-refractivity contribution in [3.63, 3.8) is 0 Å². The SMILES string of the molecule is COC(C(=O)O)(c1ccccc1)c1ccc(C)c(C)c1C. The second-order valence-electron chi connectivity index (χ2n) is 5.24. The number of rotatable bonds is 4. The van der Waals surface area contributed by atoms with E-state index in [1.165, 1.54) is 7.11 Å². The highest BCUT2D eigenvalue weighted by molar-refractivity contribution is 5.85. The van der Waals surface area contributed by atoms with Gasteiger partial charge in [0, 0.05) is 12.7 Å². The number of hydrogen-bond acceptors (Lipinski definition) is 2. The first-order valence-electron chi connectivity index (χ1n) is 6.86. The van der Waals surface area contributed by atoms with E-state index in [9.17, 15) is 9.90 Å². The van der Waals surface area contributed by atoms with Gasteiger partial charge in [-0.2, -0.15) is 0 Å². The normalized spacial score (nSPS) is 13.7. The van der Waals surface area contributed by atoms with E-state index in [4.69, 9.17) is 4.74 Å². The highest BCUT2D eigenvalue weighted by Gasteiger charge is 2.44. The molecule has 0 radical (unpaired) electrons. The van der Waals surface area contributed by atoms with Gasteiger partial charge in [-0.25, -0.2) is 4.79 Å². The van der Waals surface area contributed by atoms with Crippen molar-refractivity contribution < 1.29 is 14.6 Å². The van der Waals surface area contributed by atoms with Gasteiger partial charge in [0.1, 0.15) is 0 Å². The minimum Gasteiger partial charge on any atom is -0.479 e. The van der Waals surface area contributed by atoms with Gasteiger partial charge in [-0.3, -0.25) is 0 Å². The van der Waals surface area contributed by atoms with Crippen molar-refractivity contribution in [1.82, 2.24) is 0 Å². The molecule has 2 aromatic carbocycles. The first kappa shape index (κ1) is 15.3. The van der Waals surface area contributed by atoms with Gasteiger partial charge in [-0.05, 0) is 43.0 Å². The lowest BCUT2D eigenvalue weighted by Gasteiger charge is -2.31. The van der Waals surface area contributed by atoms with E-state index in [1.54, 1.807) is 12.1 Å². The lowest BCUT2D eigenvalue weighted by atomic mass is 9.81. The molecule has 21 heavy (non-hydrogen) atoms. The molecule has 110 valence electrons. The molecule has 0 aliphatic rings. The number of carboxylic acid groups (broad SMARTS) is 1. The number of aliphatic carboxylic acids is 1. The van der Waals surface area contributed by atoms with E-state index < -0.39 is 11.6 Å². The highest BCUT2D eigenvalue weighted by atomic mass is 16.5. The Labute approximate surface area is 125 Å². The monoisotopic (exact) mass is 284 g/mol. The van der Waals surface area contributed by atoms with Crippen LogP contribution in [0.1, 0.15) is 27.8 Å².